The minimum atomic E-state index is -0.492. The Kier molecular flexibility index (Phi) is 4.58. The highest BCUT2D eigenvalue weighted by Crippen LogP contribution is 2.42. The van der Waals surface area contributed by atoms with Gasteiger partial charge < -0.3 is 4.74 Å². The van der Waals surface area contributed by atoms with Gasteiger partial charge in [0.05, 0.1) is 24.7 Å². The number of rotatable bonds is 4. The van der Waals surface area contributed by atoms with Crippen LogP contribution in [0, 0.1) is 0 Å². The molecule has 0 bridgehead atoms. The van der Waals surface area contributed by atoms with Crippen LogP contribution in [0.2, 0.25) is 0 Å². The first-order valence-electron chi connectivity index (χ1n) is 8.28. The Morgan fingerprint density at radius 1 is 1.19 bits per heavy atom. The van der Waals surface area contributed by atoms with Crippen LogP contribution in [0.25, 0.3) is 16.7 Å². The molecule has 0 saturated heterocycles. The van der Waals surface area contributed by atoms with Crippen LogP contribution in [-0.2, 0) is 14.4 Å². The van der Waals surface area contributed by atoms with Crippen molar-refractivity contribution in [3.8, 4) is 5.75 Å². The van der Waals surface area contributed by atoms with Crippen molar-refractivity contribution >= 4 is 44.6 Å². The average molecular weight is 427 g/mol. The van der Waals surface area contributed by atoms with Crippen molar-refractivity contribution in [2.45, 2.75) is 12.5 Å². The smallest absolute Gasteiger partial charge is 0.313 e. The van der Waals surface area contributed by atoms with Gasteiger partial charge in [-0.3, -0.25) is 14.2 Å². The van der Waals surface area contributed by atoms with Gasteiger partial charge in [0.2, 0.25) is 5.82 Å². The number of para-hydroxylation sites is 1. The molecule has 1 aliphatic heterocycles. The van der Waals surface area contributed by atoms with Crippen molar-refractivity contribution in [1.29, 1.82) is 0 Å². The third-order valence-corrected chi connectivity index (χ3v) is 4.95. The number of fused-ring (bicyclic) bond motifs is 3. The second kappa shape index (κ2) is 7.04. The quantitative estimate of drug-likeness (QED) is 0.359. The zero-order valence-electron chi connectivity index (χ0n) is 14.4. The number of hydroxylamine groups is 2. The fourth-order valence-electron chi connectivity index (χ4n) is 3.37. The number of carbonyl (C=O) groups is 1. The van der Waals surface area contributed by atoms with Crippen molar-refractivity contribution in [3.05, 3.63) is 64.8 Å². The number of halogens is 1. The molecule has 6 nitrogen and oxygen atoms in total. The summed E-state index contributed by atoms with van der Waals surface area (Å²) in [7, 11) is 1.46. The molecule has 0 fully saturated rings. The molecule has 1 aromatic heterocycles. The summed E-state index contributed by atoms with van der Waals surface area (Å²) in [5.41, 5.74) is 1.61. The Morgan fingerprint density at radius 3 is 2.67 bits per heavy atom. The van der Waals surface area contributed by atoms with E-state index in [0.717, 1.165) is 21.1 Å². The van der Waals surface area contributed by atoms with E-state index in [-0.39, 0.29) is 12.2 Å². The number of hydrogen-bond donors (Lipinski definition) is 0. The van der Waals surface area contributed by atoms with Gasteiger partial charge in [-0.05, 0) is 36.4 Å². The van der Waals surface area contributed by atoms with Crippen molar-refractivity contribution in [1.82, 2.24) is 9.63 Å². The Hall–Kier alpha value is -2.86. The molecule has 2 heterocycles. The first-order chi connectivity index (χ1) is 13.1. The molecule has 7 heteroatoms. The molecule has 27 heavy (non-hydrogen) atoms. The van der Waals surface area contributed by atoms with Crippen LogP contribution in [0.15, 0.2) is 59.1 Å². The summed E-state index contributed by atoms with van der Waals surface area (Å²) in [6.07, 6.45) is 0.0193. The molecule has 3 aromatic rings. The van der Waals surface area contributed by atoms with Gasteiger partial charge in [-0.15, -0.1) is 0 Å². The molecule has 0 radical (unpaired) electrons. The summed E-state index contributed by atoms with van der Waals surface area (Å²) >= 11 is 3.45. The van der Waals surface area contributed by atoms with E-state index in [1.165, 1.54) is 12.2 Å². The fourth-order valence-corrected chi connectivity index (χ4v) is 3.75. The van der Waals surface area contributed by atoms with E-state index >= 15 is 0 Å². The van der Waals surface area contributed by atoms with Crippen LogP contribution in [-0.4, -0.2) is 28.7 Å². The molecule has 2 aromatic carbocycles. The highest BCUT2D eigenvalue weighted by molar-refractivity contribution is 9.10. The summed E-state index contributed by atoms with van der Waals surface area (Å²) in [6.45, 7) is 0. The van der Waals surface area contributed by atoms with Gasteiger partial charge in [0, 0.05) is 9.86 Å². The van der Waals surface area contributed by atoms with Crippen LogP contribution >= 0.6 is 15.9 Å². The lowest BCUT2D eigenvalue weighted by atomic mass is 10.1. The average Bonchev–Trinajstić information content (AvgIpc) is 3.16. The normalized spacial score (nSPS) is 15.7. The Balaban J connectivity index is 1.71. The van der Waals surface area contributed by atoms with Gasteiger partial charge in [-0.25, -0.2) is 9.86 Å². The molecule has 0 saturated carbocycles. The molecule has 1 unspecified atom stereocenters. The summed E-state index contributed by atoms with van der Waals surface area (Å²) in [6, 6.07) is 16.1. The standard InChI is InChI=1S/C20H15BrN2O4/c1-26-23-18(11-20(25)27-15-5-3-2-4-6-15)17-10-13-9-14(21)7-8-16(13)22(17)19(23)12-24/h2-10,18H,11H2,1H3. The highest BCUT2D eigenvalue weighted by atomic mass is 79.9. The number of carbonyl (C=O) groups excluding carboxylic acids is 2. The molecule has 136 valence electrons. The zero-order chi connectivity index (χ0) is 19.0. The predicted octanol–water partition coefficient (Wildman–Crippen LogP) is 3.95. The molecule has 4 rings (SSSR count). The lowest BCUT2D eigenvalue weighted by Gasteiger charge is -2.22. The Bertz CT molecular complexity index is 1070. The third kappa shape index (κ3) is 3.06. The zero-order valence-corrected chi connectivity index (χ0v) is 16.0. The van der Waals surface area contributed by atoms with Crippen LogP contribution in [0.1, 0.15) is 18.2 Å². The first-order valence-corrected chi connectivity index (χ1v) is 9.07. The number of ether oxygens (including phenoxy) is 1. The summed E-state index contributed by atoms with van der Waals surface area (Å²) in [4.78, 5) is 29.5. The van der Waals surface area contributed by atoms with Gasteiger partial charge >= 0.3 is 5.97 Å². The van der Waals surface area contributed by atoms with E-state index in [4.69, 9.17) is 9.57 Å². The van der Waals surface area contributed by atoms with Crippen molar-refractivity contribution in [2.75, 3.05) is 7.11 Å². The van der Waals surface area contributed by atoms with E-state index in [1.54, 1.807) is 28.8 Å². The summed E-state index contributed by atoms with van der Waals surface area (Å²) in [5.74, 6) is 2.20. The van der Waals surface area contributed by atoms with Gasteiger partial charge in [-0.1, -0.05) is 34.1 Å². The van der Waals surface area contributed by atoms with Crippen molar-refractivity contribution in [2.24, 2.45) is 0 Å². The summed E-state index contributed by atoms with van der Waals surface area (Å²) in [5, 5.41) is 2.35. The largest absolute Gasteiger partial charge is 0.426 e. The van der Waals surface area contributed by atoms with E-state index in [1.807, 2.05) is 36.3 Å². The predicted molar refractivity (Wildman–Crippen MR) is 103 cm³/mol. The lowest BCUT2D eigenvalue weighted by molar-refractivity contribution is -0.143. The molecule has 0 spiro atoms. The van der Waals surface area contributed by atoms with Crippen molar-refractivity contribution in [3.63, 3.8) is 0 Å². The molecular formula is C20H15BrN2O4. The minimum Gasteiger partial charge on any atom is -0.426 e. The maximum absolute atomic E-state index is 12.5. The van der Waals surface area contributed by atoms with Crippen molar-refractivity contribution < 1.29 is 19.2 Å². The first kappa shape index (κ1) is 17.5. The summed E-state index contributed by atoms with van der Waals surface area (Å²) < 4.78 is 8.09. The third-order valence-electron chi connectivity index (χ3n) is 4.46. The van der Waals surface area contributed by atoms with Crippen LogP contribution in [0.5, 0.6) is 5.75 Å². The van der Waals surface area contributed by atoms with E-state index in [9.17, 15) is 9.59 Å². The molecule has 1 aliphatic rings. The second-order valence-corrected chi connectivity index (χ2v) is 6.96. The number of hydrogen-bond acceptors (Lipinski definition) is 5. The van der Waals surface area contributed by atoms with E-state index < -0.39 is 12.0 Å². The topological polar surface area (TPSA) is 60.8 Å². The molecular weight excluding hydrogens is 412 g/mol. The maximum Gasteiger partial charge on any atom is 0.313 e. The molecule has 0 amide bonds. The minimum absolute atomic E-state index is 0.0193. The number of benzene rings is 2. The number of esters is 1. The highest BCUT2D eigenvalue weighted by Gasteiger charge is 2.39. The Morgan fingerprint density at radius 2 is 1.96 bits per heavy atom. The monoisotopic (exact) mass is 426 g/mol. The van der Waals surface area contributed by atoms with Crippen LogP contribution in [0.4, 0.5) is 0 Å². The van der Waals surface area contributed by atoms with Crippen LogP contribution < -0.4 is 4.74 Å². The fraction of sp³-hybridized carbons (Fsp3) is 0.150. The number of nitrogens with zero attached hydrogens (tertiary/aromatic N) is 2. The number of aromatic nitrogens is 1. The van der Waals surface area contributed by atoms with Gasteiger partial charge in [0.1, 0.15) is 11.8 Å². The van der Waals surface area contributed by atoms with Gasteiger partial charge in [-0.2, -0.15) is 0 Å². The van der Waals surface area contributed by atoms with Gasteiger partial charge in [0.25, 0.3) is 0 Å². The maximum atomic E-state index is 12.5. The van der Waals surface area contributed by atoms with Crippen LogP contribution in [0.3, 0.4) is 0 Å². The molecule has 0 aliphatic carbocycles. The Labute approximate surface area is 163 Å². The lowest BCUT2D eigenvalue weighted by Crippen LogP contribution is -2.25. The second-order valence-electron chi connectivity index (χ2n) is 6.05. The van der Waals surface area contributed by atoms with E-state index in [0.29, 0.717) is 5.75 Å². The van der Waals surface area contributed by atoms with E-state index in [2.05, 4.69) is 15.9 Å². The molecule has 0 N–H and O–H groups in total. The SMILES string of the molecule is CON1C(=C=O)n2c(cc3cc(Br)ccc32)C1CC(=O)Oc1ccccc1. The molecule has 1 atom stereocenters. The van der Waals surface area contributed by atoms with Gasteiger partial charge in [0.15, 0.2) is 5.94 Å².